The van der Waals surface area contributed by atoms with Gasteiger partial charge in [0.2, 0.25) is 5.96 Å². The SMILES string of the molecule is C=NC(=NC)NC1CCC(N2CCOCC2)CC1. The molecule has 0 unspecified atom stereocenters. The molecule has 0 aromatic carbocycles. The summed E-state index contributed by atoms with van der Waals surface area (Å²) in [6.45, 7) is 7.50. The standard InChI is InChI=1S/C13H24N4O/c1-14-13(15-2)16-11-3-5-12(6-4-11)17-7-9-18-10-8-17/h11-12H,1,3-10H2,2H3,(H,15,16). The minimum atomic E-state index is 0.506. The molecule has 1 saturated heterocycles. The van der Waals surface area contributed by atoms with Crippen LogP contribution in [-0.4, -0.2) is 63.0 Å². The van der Waals surface area contributed by atoms with E-state index in [1.54, 1.807) is 7.05 Å². The number of hydrogen-bond donors (Lipinski definition) is 1. The predicted octanol–water partition coefficient (Wildman–Crippen LogP) is 0.906. The van der Waals surface area contributed by atoms with Gasteiger partial charge in [-0.1, -0.05) is 0 Å². The second kappa shape index (κ2) is 6.85. The minimum Gasteiger partial charge on any atom is -0.379 e. The van der Waals surface area contributed by atoms with Crippen molar-refractivity contribution >= 4 is 12.7 Å². The number of morpholine rings is 1. The van der Waals surface area contributed by atoms with Gasteiger partial charge in [-0.25, -0.2) is 4.99 Å². The summed E-state index contributed by atoms with van der Waals surface area (Å²) in [6, 6.07) is 1.25. The first-order valence-electron chi connectivity index (χ1n) is 6.85. The topological polar surface area (TPSA) is 49.2 Å². The summed E-state index contributed by atoms with van der Waals surface area (Å²) in [5.74, 6) is 0.671. The van der Waals surface area contributed by atoms with Crippen molar-refractivity contribution in [2.24, 2.45) is 9.98 Å². The largest absolute Gasteiger partial charge is 0.379 e. The van der Waals surface area contributed by atoms with Crippen molar-refractivity contribution in [3.8, 4) is 0 Å². The number of ether oxygens (including phenoxy) is 1. The van der Waals surface area contributed by atoms with Crippen molar-refractivity contribution < 1.29 is 4.74 Å². The average Bonchev–Trinajstić information content (AvgIpc) is 2.46. The fraction of sp³-hybridized carbons (Fsp3) is 0.846. The Kier molecular flexibility index (Phi) is 5.13. The van der Waals surface area contributed by atoms with Crippen molar-refractivity contribution in [3.05, 3.63) is 0 Å². The van der Waals surface area contributed by atoms with Crippen molar-refractivity contribution in [2.75, 3.05) is 33.4 Å². The lowest BCUT2D eigenvalue weighted by Crippen LogP contribution is -2.47. The second-order valence-corrected chi connectivity index (χ2v) is 5.00. The van der Waals surface area contributed by atoms with Crippen LogP contribution in [0.3, 0.4) is 0 Å². The zero-order valence-electron chi connectivity index (χ0n) is 11.3. The highest BCUT2D eigenvalue weighted by atomic mass is 16.5. The van der Waals surface area contributed by atoms with E-state index in [9.17, 15) is 0 Å². The molecule has 2 rings (SSSR count). The fourth-order valence-corrected chi connectivity index (χ4v) is 2.89. The summed E-state index contributed by atoms with van der Waals surface area (Å²) in [5, 5.41) is 3.36. The molecule has 102 valence electrons. The first-order valence-corrected chi connectivity index (χ1v) is 6.85. The van der Waals surface area contributed by atoms with Crippen LogP contribution in [0, 0.1) is 0 Å². The van der Waals surface area contributed by atoms with Crippen molar-refractivity contribution in [3.63, 3.8) is 0 Å². The number of guanidine groups is 1. The summed E-state index contributed by atoms with van der Waals surface area (Å²) >= 11 is 0. The predicted molar refractivity (Wildman–Crippen MR) is 74.5 cm³/mol. The molecule has 18 heavy (non-hydrogen) atoms. The van der Waals surface area contributed by atoms with E-state index in [4.69, 9.17) is 4.74 Å². The Balaban J connectivity index is 1.75. The van der Waals surface area contributed by atoms with E-state index in [2.05, 4.69) is 26.9 Å². The van der Waals surface area contributed by atoms with Gasteiger partial charge in [0.25, 0.3) is 0 Å². The molecule has 0 bridgehead atoms. The zero-order valence-corrected chi connectivity index (χ0v) is 11.3. The summed E-state index contributed by atoms with van der Waals surface area (Å²) < 4.78 is 5.40. The van der Waals surface area contributed by atoms with Crippen LogP contribution in [0.5, 0.6) is 0 Å². The normalized spacial score (nSPS) is 31.1. The van der Waals surface area contributed by atoms with Crippen LogP contribution in [0.15, 0.2) is 9.98 Å². The molecule has 0 amide bonds. The number of hydrogen-bond acceptors (Lipinski definition) is 3. The molecule has 0 aromatic heterocycles. The van der Waals surface area contributed by atoms with Crippen molar-refractivity contribution in [1.82, 2.24) is 10.2 Å². The summed E-state index contributed by atoms with van der Waals surface area (Å²) in [4.78, 5) is 10.5. The molecule has 1 saturated carbocycles. The molecular weight excluding hydrogens is 228 g/mol. The third kappa shape index (κ3) is 3.53. The Morgan fingerprint density at radius 2 is 1.89 bits per heavy atom. The van der Waals surface area contributed by atoms with Crippen molar-refractivity contribution in [1.29, 1.82) is 0 Å². The van der Waals surface area contributed by atoms with E-state index in [-0.39, 0.29) is 0 Å². The third-order valence-corrected chi connectivity index (χ3v) is 3.95. The monoisotopic (exact) mass is 252 g/mol. The first kappa shape index (κ1) is 13.5. The van der Waals surface area contributed by atoms with Gasteiger partial charge >= 0.3 is 0 Å². The molecule has 1 aliphatic carbocycles. The average molecular weight is 252 g/mol. The third-order valence-electron chi connectivity index (χ3n) is 3.95. The van der Waals surface area contributed by atoms with Crippen LogP contribution < -0.4 is 5.32 Å². The molecular formula is C13H24N4O. The number of rotatable bonds is 2. The molecule has 5 nitrogen and oxygen atoms in total. The summed E-state index contributed by atoms with van der Waals surface area (Å²) in [7, 11) is 1.75. The molecule has 0 aromatic rings. The van der Waals surface area contributed by atoms with E-state index in [0.29, 0.717) is 12.0 Å². The minimum absolute atomic E-state index is 0.506. The Labute approximate surface area is 109 Å². The second-order valence-electron chi connectivity index (χ2n) is 5.00. The van der Waals surface area contributed by atoms with Crippen LogP contribution in [0.4, 0.5) is 0 Å². The Morgan fingerprint density at radius 1 is 1.22 bits per heavy atom. The van der Waals surface area contributed by atoms with Crippen LogP contribution >= 0.6 is 0 Å². The number of aliphatic imine (C=N–C) groups is 2. The Bertz CT molecular complexity index is 291. The van der Waals surface area contributed by atoms with Gasteiger partial charge in [0.05, 0.1) is 13.2 Å². The molecule has 2 fully saturated rings. The number of nitrogens with one attached hydrogen (secondary N) is 1. The van der Waals surface area contributed by atoms with Crippen molar-refractivity contribution in [2.45, 2.75) is 37.8 Å². The van der Waals surface area contributed by atoms with E-state index >= 15 is 0 Å². The van der Waals surface area contributed by atoms with Crippen LogP contribution in [0.2, 0.25) is 0 Å². The zero-order chi connectivity index (χ0) is 12.8. The van der Waals surface area contributed by atoms with E-state index in [1.165, 1.54) is 25.7 Å². The molecule has 5 heteroatoms. The van der Waals surface area contributed by atoms with Gasteiger partial charge in [0, 0.05) is 32.2 Å². The summed E-state index contributed by atoms with van der Waals surface area (Å²) in [6.07, 6.45) is 4.89. The van der Waals surface area contributed by atoms with Gasteiger partial charge in [0.15, 0.2) is 0 Å². The van der Waals surface area contributed by atoms with E-state index in [1.807, 2.05) is 0 Å². The lowest BCUT2D eigenvalue weighted by atomic mass is 9.90. The number of nitrogens with zero attached hydrogens (tertiary/aromatic N) is 3. The Morgan fingerprint density at radius 3 is 2.44 bits per heavy atom. The molecule has 0 spiro atoms. The van der Waals surface area contributed by atoms with Gasteiger partial charge in [-0.05, 0) is 32.4 Å². The van der Waals surface area contributed by atoms with Crippen LogP contribution in [0.25, 0.3) is 0 Å². The van der Waals surface area contributed by atoms with Gasteiger partial charge in [-0.2, -0.15) is 0 Å². The highest BCUT2D eigenvalue weighted by Gasteiger charge is 2.27. The van der Waals surface area contributed by atoms with Gasteiger partial charge in [-0.15, -0.1) is 0 Å². The van der Waals surface area contributed by atoms with Crippen LogP contribution in [0.1, 0.15) is 25.7 Å². The van der Waals surface area contributed by atoms with E-state index in [0.717, 1.165) is 32.3 Å². The van der Waals surface area contributed by atoms with Gasteiger partial charge in [0.1, 0.15) is 0 Å². The maximum Gasteiger partial charge on any atom is 0.217 e. The molecule has 1 N–H and O–H groups in total. The van der Waals surface area contributed by atoms with Gasteiger partial charge in [-0.3, -0.25) is 9.89 Å². The molecule has 1 heterocycles. The molecule has 1 aliphatic heterocycles. The van der Waals surface area contributed by atoms with E-state index < -0.39 is 0 Å². The van der Waals surface area contributed by atoms with Crippen LogP contribution in [-0.2, 0) is 4.74 Å². The fourth-order valence-electron chi connectivity index (χ4n) is 2.89. The van der Waals surface area contributed by atoms with Gasteiger partial charge < -0.3 is 10.1 Å². The smallest absolute Gasteiger partial charge is 0.217 e. The highest BCUT2D eigenvalue weighted by molar-refractivity contribution is 5.84. The maximum absolute atomic E-state index is 5.40. The molecule has 0 atom stereocenters. The quantitative estimate of drug-likeness (QED) is 0.587. The maximum atomic E-state index is 5.40. The summed E-state index contributed by atoms with van der Waals surface area (Å²) in [5.41, 5.74) is 0. The first-order chi connectivity index (χ1) is 8.83. The molecule has 2 aliphatic rings. The molecule has 0 radical (unpaired) electrons. The highest BCUT2D eigenvalue weighted by Crippen LogP contribution is 2.23. The lowest BCUT2D eigenvalue weighted by molar-refractivity contribution is 0.00703. The lowest BCUT2D eigenvalue weighted by Gasteiger charge is -2.38. The Hall–Kier alpha value is -0.940.